The Bertz CT molecular complexity index is 755. The van der Waals surface area contributed by atoms with Gasteiger partial charge in [0.2, 0.25) is 0 Å². The number of benzene rings is 1. The Morgan fingerprint density at radius 1 is 1.29 bits per heavy atom. The van der Waals surface area contributed by atoms with Gasteiger partial charge in [0.05, 0.1) is 22.8 Å². The van der Waals surface area contributed by atoms with Crippen molar-refractivity contribution >= 4 is 38.6 Å². The summed E-state index contributed by atoms with van der Waals surface area (Å²) in [4.78, 5) is 9.19. The van der Waals surface area contributed by atoms with Crippen molar-refractivity contribution in [3.8, 4) is 0 Å². The smallest absolute Gasteiger partial charge is 0.111 e. The zero-order chi connectivity index (χ0) is 14.8. The molecule has 0 amide bonds. The van der Waals surface area contributed by atoms with E-state index in [0.29, 0.717) is 5.88 Å². The lowest BCUT2D eigenvalue weighted by atomic mass is 10.2. The van der Waals surface area contributed by atoms with Gasteiger partial charge in [0.15, 0.2) is 0 Å². The van der Waals surface area contributed by atoms with E-state index in [1.807, 2.05) is 36.5 Å². The third-order valence-corrected chi connectivity index (χ3v) is 4.23. The lowest BCUT2D eigenvalue weighted by Crippen LogP contribution is -2.12. The number of rotatable bonds is 4. The Hall–Kier alpha value is -1.39. The third kappa shape index (κ3) is 2.83. The van der Waals surface area contributed by atoms with Gasteiger partial charge in [0, 0.05) is 23.0 Å². The molecule has 0 fully saturated rings. The molecule has 1 atom stereocenters. The van der Waals surface area contributed by atoms with Crippen LogP contribution in [0.15, 0.2) is 47.1 Å². The molecule has 0 saturated heterocycles. The summed E-state index contributed by atoms with van der Waals surface area (Å²) in [6, 6.07) is 12.2. The first kappa shape index (κ1) is 14.5. The molecule has 21 heavy (non-hydrogen) atoms. The van der Waals surface area contributed by atoms with Crippen molar-refractivity contribution in [2.45, 2.75) is 19.4 Å². The van der Waals surface area contributed by atoms with Crippen molar-refractivity contribution in [3.63, 3.8) is 0 Å². The minimum atomic E-state index is 0.115. The second-order valence-electron chi connectivity index (χ2n) is 4.90. The summed E-state index contributed by atoms with van der Waals surface area (Å²) in [6.07, 6.45) is 2.56. The van der Waals surface area contributed by atoms with Crippen LogP contribution in [-0.2, 0) is 6.42 Å². The zero-order valence-electron chi connectivity index (χ0n) is 11.6. The van der Waals surface area contributed by atoms with Crippen LogP contribution in [0.25, 0.3) is 11.0 Å². The average Bonchev–Trinajstić information content (AvgIpc) is 2.85. The Balaban J connectivity index is 2.18. The molecule has 2 heterocycles. The van der Waals surface area contributed by atoms with Crippen molar-refractivity contribution in [2.24, 2.45) is 0 Å². The molecule has 3 rings (SSSR count). The fraction of sp³-hybridized carbons (Fsp3) is 0.250. The maximum Gasteiger partial charge on any atom is 0.111 e. The first-order valence-electron chi connectivity index (χ1n) is 6.84. The van der Waals surface area contributed by atoms with Crippen LogP contribution >= 0.6 is 27.5 Å². The maximum absolute atomic E-state index is 5.94. The quantitative estimate of drug-likeness (QED) is 0.634. The molecule has 0 aliphatic rings. The van der Waals surface area contributed by atoms with Crippen LogP contribution in [0.2, 0.25) is 0 Å². The molecule has 108 valence electrons. The van der Waals surface area contributed by atoms with Crippen LogP contribution in [0.4, 0.5) is 0 Å². The molecule has 3 aromatic rings. The third-order valence-electron chi connectivity index (χ3n) is 3.55. The average molecular weight is 365 g/mol. The number of pyridine rings is 1. The number of fused-ring (bicyclic) bond motifs is 1. The van der Waals surface area contributed by atoms with E-state index in [4.69, 9.17) is 16.6 Å². The Morgan fingerprint density at radius 2 is 2.14 bits per heavy atom. The second kappa shape index (κ2) is 6.16. The number of hydrogen-bond donors (Lipinski definition) is 0. The second-order valence-corrected chi connectivity index (χ2v) is 6.19. The van der Waals surface area contributed by atoms with Gasteiger partial charge in [-0.3, -0.25) is 4.98 Å². The van der Waals surface area contributed by atoms with Gasteiger partial charge in [-0.15, -0.1) is 11.6 Å². The predicted molar refractivity (Wildman–Crippen MR) is 89.9 cm³/mol. The van der Waals surface area contributed by atoms with E-state index in [9.17, 15) is 0 Å². The van der Waals surface area contributed by atoms with Gasteiger partial charge < -0.3 is 4.57 Å². The first-order chi connectivity index (χ1) is 10.2. The van der Waals surface area contributed by atoms with Crippen LogP contribution < -0.4 is 0 Å². The molecule has 0 radical (unpaired) electrons. The Morgan fingerprint density at radius 3 is 2.86 bits per heavy atom. The topological polar surface area (TPSA) is 30.7 Å². The Kier molecular flexibility index (Phi) is 4.27. The Labute approximate surface area is 137 Å². The zero-order valence-corrected chi connectivity index (χ0v) is 14.0. The number of nitrogens with zero attached hydrogens (tertiary/aromatic N) is 3. The molecule has 1 unspecified atom stereocenters. The summed E-state index contributed by atoms with van der Waals surface area (Å²) in [5, 5.41) is 0. The fourth-order valence-electron chi connectivity index (χ4n) is 2.56. The van der Waals surface area contributed by atoms with E-state index >= 15 is 0 Å². The van der Waals surface area contributed by atoms with Gasteiger partial charge >= 0.3 is 0 Å². The highest BCUT2D eigenvalue weighted by molar-refractivity contribution is 9.10. The van der Waals surface area contributed by atoms with Crippen LogP contribution in [0.1, 0.15) is 24.5 Å². The normalized spacial score (nSPS) is 12.7. The number of aromatic nitrogens is 3. The van der Waals surface area contributed by atoms with Crippen LogP contribution in [0, 0.1) is 0 Å². The SMILES string of the molecule is CC(c1ccccn1)n1c(CCCl)nc2ccc(Br)cc21. The molecular formula is C16H15BrClN3. The summed E-state index contributed by atoms with van der Waals surface area (Å²) in [7, 11) is 0. The van der Waals surface area contributed by atoms with E-state index < -0.39 is 0 Å². The molecule has 2 aromatic heterocycles. The highest BCUT2D eigenvalue weighted by Crippen LogP contribution is 2.27. The fourth-order valence-corrected chi connectivity index (χ4v) is 3.08. The first-order valence-corrected chi connectivity index (χ1v) is 8.16. The van der Waals surface area contributed by atoms with Crippen LogP contribution in [0.5, 0.6) is 0 Å². The molecule has 0 aliphatic heterocycles. The van der Waals surface area contributed by atoms with E-state index in [0.717, 1.165) is 33.4 Å². The largest absolute Gasteiger partial charge is 0.319 e. The minimum Gasteiger partial charge on any atom is -0.319 e. The summed E-state index contributed by atoms with van der Waals surface area (Å²) < 4.78 is 3.27. The van der Waals surface area contributed by atoms with Gasteiger partial charge in [-0.1, -0.05) is 22.0 Å². The number of hydrogen-bond acceptors (Lipinski definition) is 2. The number of halogens is 2. The molecule has 1 aromatic carbocycles. The van der Waals surface area contributed by atoms with E-state index in [-0.39, 0.29) is 6.04 Å². The number of aryl methyl sites for hydroxylation is 1. The summed E-state index contributed by atoms with van der Waals surface area (Å²) >= 11 is 9.48. The summed E-state index contributed by atoms with van der Waals surface area (Å²) in [5.41, 5.74) is 3.11. The van der Waals surface area contributed by atoms with Crippen molar-refractivity contribution in [1.29, 1.82) is 0 Å². The van der Waals surface area contributed by atoms with Gasteiger partial charge in [-0.2, -0.15) is 0 Å². The number of alkyl halides is 1. The van der Waals surface area contributed by atoms with E-state index in [1.165, 1.54) is 0 Å². The summed E-state index contributed by atoms with van der Waals surface area (Å²) in [5.74, 6) is 1.55. The van der Waals surface area contributed by atoms with E-state index in [1.54, 1.807) is 0 Å². The standard InChI is InChI=1S/C16H15BrClN3/c1-11(13-4-2-3-9-19-13)21-15-10-12(17)5-6-14(15)20-16(21)7-8-18/h2-6,9-11H,7-8H2,1H3. The van der Waals surface area contributed by atoms with Gasteiger partial charge in [0.25, 0.3) is 0 Å². The maximum atomic E-state index is 5.94. The van der Waals surface area contributed by atoms with Crippen LogP contribution in [-0.4, -0.2) is 20.4 Å². The lowest BCUT2D eigenvalue weighted by Gasteiger charge is -2.17. The van der Waals surface area contributed by atoms with Crippen molar-refractivity contribution in [3.05, 3.63) is 58.6 Å². The van der Waals surface area contributed by atoms with Gasteiger partial charge in [-0.25, -0.2) is 4.98 Å². The molecule has 0 spiro atoms. The van der Waals surface area contributed by atoms with Crippen LogP contribution in [0.3, 0.4) is 0 Å². The van der Waals surface area contributed by atoms with Crippen molar-refractivity contribution in [2.75, 3.05) is 5.88 Å². The lowest BCUT2D eigenvalue weighted by molar-refractivity contribution is 0.607. The monoisotopic (exact) mass is 363 g/mol. The molecular weight excluding hydrogens is 350 g/mol. The molecule has 5 heteroatoms. The minimum absolute atomic E-state index is 0.115. The highest BCUT2D eigenvalue weighted by Gasteiger charge is 2.17. The molecule has 0 N–H and O–H groups in total. The number of imidazole rings is 1. The van der Waals surface area contributed by atoms with Crippen molar-refractivity contribution in [1.82, 2.24) is 14.5 Å². The highest BCUT2D eigenvalue weighted by atomic mass is 79.9. The summed E-state index contributed by atoms with van der Waals surface area (Å²) in [6.45, 7) is 2.14. The van der Waals surface area contributed by atoms with E-state index in [2.05, 4.69) is 38.5 Å². The van der Waals surface area contributed by atoms with Gasteiger partial charge in [-0.05, 0) is 37.3 Å². The molecule has 3 nitrogen and oxygen atoms in total. The predicted octanol–water partition coefficient (Wildman–Crippen LogP) is 4.58. The molecule has 0 saturated carbocycles. The molecule has 0 aliphatic carbocycles. The van der Waals surface area contributed by atoms with Gasteiger partial charge in [0.1, 0.15) is 5.82 Å². The molecule has 0 bridgehead atoms. The van der Waals surface area contributed by atoms with Crippen molar-refractivity contribution < 1.29 is 0 Å².